The molecule has 0 unspecified atom stereocenters. The van der Waals surface area contributed by atoms with Crippen molar-refractivity contribution in [2.45, 2.75) is 31.9 Å². The number of carbonyl (C=O) groups is 1. The maximum Gasteiger partial charge on any atom is 0.237 e. The molecule has 0 fully saturated rings. The van der Waals surface area contributed by atoms with E-state index in [1.807, 2.05) is 34.1 Å². The standard InChI is InChI=1S/C26H36N2O5S/c1-4-12-27(16-20(29)18-32-14-5-2)17-26(30)28-13-10-25-23(11-15-34-25)24(28)19-33-22-8-6-21(31-3)7-9-22/h5-9,11,15,20,24,29H,2,4,10,12-14,16-19H2,1,3H3/t20-,24-/m1/s1. The Bertz CT molecular complexity index is 901. The number of nitrogens with zero attached hydrogens (tertiary/aromatic N) is 2. The number of thiophene rings is 1. The van der Waals surface area contributed by atoms with Crippen molar-refractivity contribution in [1.29, 1.82) is 0 Å². The number of hydrogen-bond donors (Lipinski definition) is 1. The van der Waals surface area contributed by atoms with Crippen LogP contribution in [0.1, 0.15) is 29.8 Å². The molecule has 1 N–H and O–H groups in total. The quantitative estimate of drug-likeness (QED) is 0.324. The van der Waals surface area contributed by atoms with Gasteiger partial charge in [-0.2, -0.15) is 0 Å². The molecule has 1 amide bonds. The number of methoxy groups -OCH3 is 1. The van der Waals surface area contributed by atoms with E-state index in [9.17, 15) is 9.90 Å². The molecule has 0 aliphatic carbocycles. The second-order valence-corrected chi connectivity index (χ2v) is 9.35. The van der Waals surface area contributed by atoms with E-state index in [0.29, 0.717) is 26.3 Å². The molecule has 1 aromatic carbocycles. The zero-order chi connectivity index (χ0) is 24.3. The summed E-state index contributed by atoms with van der Waals surface area (Å²) in [5, 5.41) is 12.4. The van der Waals surface area contributed by atoms with Crippen LogP contribution >= 0.6 is 11.3 Å². The largest absolute Gasteiger partial charge is 0.497 e. The minimum atomic E-state index is -0.654. The van der Waals surface area contributed by atoms with Crippen LogP contribution < -0.4 is 9.47 Å². The van der Waals surface area contributed by atoms with Gasteiger partial charge >= 0.3 is 0 Å². The molecule has 2 heterocycles. The molecule has 2 atom stereocenters. The van der Waals surface area contributed by atoms with Gasteiger partial charge in [-0.3, -0.25) is 9.69 Å². The average Bonchev–Trinajstić information content (AvgIpc) is 3.32. The van der Waals surface area contributed by atoms with Gasteiger partial charge in [-0.1, -0.05) is 13.0 Å². The molecule has 7 nitrogen and oxygen atoms in total. The molecule has 0 saturated heterocycles. The fourth-order valence-corrected chi connectivity index (χ4v) is 5.12. The number of ether oxygens (including phenoxy) is 3. The second-order valence-electron chi connectivity index (χ2n) is 8.35. The SMILES string of the molecule is C=CCOC[C@H](O)CN(CCC)CC(=O)N1CCc2sccc2[C@H]1COc1ccc(OC)cc1. The van der Waals surface area contributed by atoms with Gasteiger partial charge in [0.2, 0.25) is 5.91 Å². The zero-order valence-corrected chi connectivity index (χ0v) is 21.0. The first kappa shape index (κ1) is 26.2. The van der Waals surface area contributed by atoms with Gasteiger partial charge in [-0.25, -0.2) is 0 Å². The summed E-state index contributed by atoms with van der Waals surface area (Å²) >= 11 is 1.73. The predicted molar refractivity (Wildman–Crippen MR) is 135 cm³/mol. The second kappa shape index (κ2) is 13.5. The first-order valence-electron chi connectivity index (χ1n) is 11.8. The highest BCUT2D eigenvalue weighted by molar-refractivity contribution is 7.10. The molecule has 1 aliphatic rings. The minimum absolute atomic E-state index is 0.0489. The summed E-state index contributed by atoms with van der Waals surface area (Å²) < 4.78 is 16.7. The van der Waals surface area contributed by atoms with Crippen LogP contribution in [0, 0.1) is 0 Å². The Kier molecular flexibility index (Phi) is 10.4. The van der Waals surface area contributed by atoms with Crippen molar-refractivity contribution in [2.24, 2.45) is 0 Å². The van der Waals surface area contributed by atoms with E-state index >= 15 is 0 Å². The summed E-state index contributed by atoms with van der Waals surface area (Å²) in [5.41, 5.74) is 1.16. The van der Waals surface area contributed by atoms with E-state index in [4.69, 9.17) is 14.2 Å². The highest BCUT2D eigenvalue weighted by atomic mass is 32.1. The fraction of sp³-hybridized carbons (Fsp3) is 0.500. The van der Waals surface area contributed by atoms with Gasteiger partial charge in [0.25, 0.3) is 0 Å². The zero-order valence-electron chi connectivity index (χ0n) is 20.2. The van der Waals surface area contributed by atoms with E-state index in [2.05, 4.69) is 24.9 Å². The Morgan fingerprint density at radius 2 is 2.09 bits per heavy atom. The molecule has 2 aromatic rings. The number of fused-ring (bicyclic) bond motifs is 1. The lowest BCUT2D eigenvalue weighted by Crippen LogP contribution is -2.48. The average molecular weight is 489 g/mol. The first-order chi connectivity index (χ1) is 16.5. The molecule has 3 rings (SSSR count). The normalized spacial score (nSPS) is 16.2. The van der Waals surface area contributed by atoms with Gasteiger partial charge in [0.1, 0.15) is 18.1 Å². The first-order valence-corrected chi connectivity index (χ1v) is 12.6. The van der Waals surface area contributed by atoms with Crippen molar-refractivity contribution in [3.8, 4) is 11.5 Å². The van der Waals surface area contributed by atoms with Gasteiger partial charge in [0.15, 0.2) is 0 Å². The van der Waals surface area contributed by atoms with Gasteiger partial charge < -0.3 is 24.2 Å². The fourth-order valence-electron chi connectivity index (χ4n) is 4.19. The van der Waals surface area contributed by atoms with Crippen molar-refractivity contribution in [3.05, 3.63) is 58.8 Å². The summed E-state index contributed by atoms with van der Waals surface area (Å²) in [7, 11) is 1.63. The Hall–Kier alpha value is -2.39. The highest BCUT2D eigenvalue weighted by Gasteiger charge is 2.33. The van der Waals surface area contributed by atoms with Crippen LogP contribution in [0.15, 0.2) is 48.4 Å². The van der Waals surface area contributed by atoms with Crippen molar-refractivity contribution >= 4 is 17.2 Å². The van der Waals surface area contributed by atoms with Crippen LogP contribution in [-0.2, 0) is 16.0 Å². The van der Waals surface area contributed by atoms with Gasteiger partial charge in [0, 0.05) is 18.0 Å². The van der Waals surface area contributed by atoms with Gasteiger partial charge in [-0.05, 0) is 60.7 Å². The molecule has 1 aromatic heterocycles. The Morgan fingerprint density at radius 1 is 1.32 bits per heavy atom. The van der Waals surface area contributed by atoms with Crippen molar-refractivity contribution in [1.82, 2.24) is 9.80 Å². The number of aliphatic hydroxyl groups excluding tert-OH is 1. The number of carbonyl (C=O) groups excluding carboxylic acids is 1. The van der Waals surface area contributed by atoms with E-state index in [1.165, 1.54) is 4.88 Å². The summed E-state index contributed by atoms with van der Waals surface area (Å²) in [6.45, 7) is 8.73. The summed E-state index contributed by atoms with van der Waals surface area (Å²) in [5.74, 6) is 1.56. The summed E-state index contributed by atoms with van der Waals surface area (Å²) in [6.07, 6.45) is 2.75. The van der Waals surface area contributed by atoms with E-state index in [-0.39, 0.29) is 25.1 Å². The van der Waals surface area contributed by atoms with Crippen LogP contribution in [0.3, 0.4) is 0 Å². The predicted octanol–water partition coefficient (Wildman–Crippen LogP) is 3.54. The molecular formula is C26H36N2O5S. The van der Waals surface area contributed by atoms with E-state index in [0.717, 1.165) is 36.4 Å². The molecule has 1 aliphatic heterocycles. The lowest BCUT2D eigenvalue weighted by molar-refractivity contribution is -0.136. The molecule has 0 bridgehead atoms. The van der Waals surface area contributed by atoms with Crippen LogP contribution in [-0.4, -0.2) is 80.0 Å². The molecule has 186 valence electrons. The molecule has 0 saturated carbocycles. The Labute approximate surface area is 206 Å². The molecule has 0 spiro atoms. The number of rotatable bonds is 14. The van der Waals surface area contributed by atoms with Crippen LogP contribution in [0.5, 0.6) is 11.5 Å². The monoisotopic (exact) mass is 488 g/mol. The minimum Gasteiger partial charge on any atom is -0.497 e. The molecule has 8 heteroatoms. The summed E-state index contributed by atoms with van der Waals surface area (Å²) in [4.78, 5) is 18.7. The molecule has 0 radical (unpaired) electrons. The number of amides is 1. The number of benzene rings is 1. The smallest absolute Gasteiger partial charge is 0.237 e. The lowest BCUT2D eigenvalue weighted by Gasteiger charge is -2.37. The van der Waals surface area contributed by atoms with E-state index < -0.39 is 6.10 Å². The maximum atomic E-state index is 13.5. The van der Waals surface area contributed by atoms with E-state index in [1.54, 1.807) is 24.5 Å². The van der Waals surface area contributed by atoms with Crippen molar-refractivity contribution in [3.63, 3.8) is 0 Å². The van der Waals surface area contributed by atoms with Crippen molar-refractivity contribution in [2.75, 3.05) is 53.1 Å². The Balaban J connectivity index is 1.66. The third-order valence-corrected chi connectivity index (χ3v) is 6.79. The van der Waals surface area contributed by atoms with Crippen LogP contribution in [0.25, 0.3) is 0 Å². The van der Waals surface area contributed by atoms with Crippen LogP contribution in [0.2, 0.25) is 0 Å². The Morgan fingerprint density at radius 3 is 2.79 bits per heavy atom. The van der Waals surface area contributed by atoms with Crippen LogP contribution in [0.4, 0.5) is 0 Å². The summed E-state index contributed by atoms with van der Waals surface area (Å²) in [6, 6.07) is 9.44. The topological polar surface area (TPSA) is 71.5 Å². The maximum absolute atomic E-state index is 13.5. The number of hydrogen-bond acceptors (Lipinski definition) is 7. The molecule has 34 heavy (non-hydrogen) atoms. The lowest BCUT2D eigenvalue weighted by atomic mass is 10.0. The van der Waals surface area contributed by atoms with Gasteiger partial charge in [0.05, 0.1) is 39.0 Å². The van der Waals surface area contributed by atoms with Crippen molar-refractivity contribution < 1.29 is 24.1 Å². The number of aliphatic hydroxyl groups is 1. The third kappa shape index (κ3) is 7.30. The third-order valence-electron chi connectivity index (χ3n) is 5.80. The van der Waals surface area contributed by atoms with Gasteiger partial charge in [-0.15, -0.1) is 17.9 Å². The molecular weight excluding hydrogens is 452 g/mol. The highest BCUT2D eigenvalue weighted by Crippen LogP contribution is 2.34.